The zero-order valence-corrected chi connectivity index (χ0v) is 19.9. The maximum atomic E-state index is 12.7. The Kier molecular flexibility index (Phi) is 9.52. The van der Waals surface area contributed by atoms with E-state index in [4.69, 9.17) is 4.74 Å². The lowest BCUT2D eigenvalue weighted by atomic mass is 10.1. The van der Waals surface area contributed by atoms with Crippen molar-refractivity contribution in [2.45, 2.75) is 33.3 Å². The van der Waals surface area contributed by atoms with E-state index in [1.807, 2.05) is 59.5 Å². The van der Waals surface area contributed by atoms with Gasteiger partial charge in [-0.15, -0.1) is 0 Å². The molecule has 0 aliphatic carbocycles. The second-order valence-electron chi connectivity index (χ2n) is 8.07. The van der Waals surface area contributed by atoms with Crippen LogP contribution in [-0.4, -0.2) is 36.3 Å². The first-order valence-corrected chi connectivity index (χ1v) is 11.8. The van der Waals surface area contributed by atoms with Crippen molar-refractivity contribution in [3.05, 3.63) is 90.0 Å². The number of rotatable bonds is 12. The number of hydrogen-bond donors (Lipinski definition) is 2. The summed E-state index contributed by atoms with van der Waals surface area (Å²) in [7, 11) is 0. The first kappa shape index (κ1) is 24.8. The van der Waals surface area contributed by atoms with E-state index < -0.39 is 0 Å². The van der Waals surface area contributed by atoms with Crippen molar-refractivity contribution in [2.75, 3.05) is 30.3 Å². The van der Waals surface area contributed by atoms with Gasteiger partial charge in [-0.2, -0.15) is 0 Å². The van der Waals surface area contributed by atoms with Crippen LogP contribution in [-0.2, 0) is 11.4 Å². The van der Waals surface area contributed by atoms with E-state index in [1.54, 1.807) is 24.3 Å². The first-order chi connectivity index (χ1) is 16.6. The average molecular weight is 460 g/mol. The van der Waals surface area contributed by atoms with Crippen LogP contribution >= 0.6 is 0 Å². The van der Waals surface area contributed by atoms with Gasteiger partial charge in [0.25, 0.3) is 5.91 Å². The fraction of sp³-hybridized carbons (Fsp3) is 0.286. The van der Waals surface area contributed by atoms with Crippen molar-refractivity contribution >= 4 is 23.2 Å². The summed E-state index contributed by atoms with van der Waals surface area (Å²) in [5, 5.41) is 5.97. The van der Waals surface area contributed by atoms with Crippen LogP contribution in [0.15, 0.2) is 78.9 Å². The molecule has 0 aliphatic rings. The minimum absolute atomic E-state index is 0.0273. The number of hydrogen-bond acceptors (Lipinski definition) is 4. The van der Waals surface area contributed by atoms with Gasteiger partial charge in [-0.1, -0.05) is 44.2 Å². The number of carbonyl (C=O) groups excluding carboxylic acids is 2. The van der Waals surface area contributed by atoms with E-state index in [0.717, 1.165) is 42.9 Å². The van der Waals surface area contributed by atoms with Crippen LogP contribution in [0.1, 0.15) is 42.6 Å². The van der Waals surface area contributed by atoms with E-state index in [2.05, 4.69) is 24.5 Å². The summed E-state index contributed by atoms with van der Waals surface area (Å²) in [5.41, 5.74) is 3.23. The molecule has 2 amide bonds. The summed E-state index contributed by atoms with van der Waals surface area (Å²) in [6.07, 6.45) is 1.85. The van der Waals surface area contributed by atoms with Crippen molar-refractivity contribution in [3.63, 3.8) is 0 Å². The average Bonchev–Trinajstić information content (AvgIpc) is 2.87. The molecular weight excluding hydrogens is 426 g/mol. The van der Waals surface area contributed by atoms with Crippen LogP contribution in [0, 0.1) is 0 Å². The molecule has 0 bridgehead atoms. The minimum atomic E-state index is -0.165. The van der Waals surface area contributed by atoms with Crippen LogP contribution in [0.4, 0.5) is 11.4 Å². The predicted molar refractivity (Wildman–Crippen MR) is 137 cm³/mol. The molecule has 2 N–H and O–H groups in total. The Morgan fingerprint density at radius 1 is 0.794 bits per heavy atom. The molecule has 178 valence electrons. The molecule has 0 heterocycles. The fourth-order valence-corrected chi connectivity index (χ4v) is 3.53. The normalized spacial score (nSPS) is 10.4. The molecule has 6 nitrogen and oxygen atoms in total. The highest BCUT2D eigenvalue weighted by molar-refractivity contribution is 5.96. The Morgan fingerprint density at radius 2 is 1.41 bits per heavy atom. The zero-order valence-electron chi connectivity index (χ0n) is 19.9. The fourth-order valence-electron chi connectivity index (χ4n) is 3.53. The second kappa shape index (κ2) is 13.0. The Hall–Kier alpha value is -3.80. The topological polar surface area (TPSA) is 70.7 Å². The van der Waals surface area contributed by atoms with Gasteiger partial charge in [-0.05, 0) is 66.9 Å². The van der Waals surface area contributed by atoms with Crippen LogP contribution < -0.4 is 15.4 Å². The highest BCUT2D eigenvalue weighted by Crippen LogP contribution is 2.17. The third-order valence-corrected chi connectivity index (χ3v) is 5.25. The number of ether oxygens (including phenoxy) is 1. The van der Waals surface area contributed by atoms with Gasteiger partial charge in [-0.3, -0.25) is 9.59 Å². The maximum absolute atomic E-state index is 12.7. The van der Waals surface area contributed by atoms with Gasteiger partial charge in [0.05, 0.1) is 6.54 Å². The summed E-state index contributed by atoms with van der Waals surface area (Å²) in [4.78, 5) is 26.9. The highest BCUT2D eigenvalue weighted by Gasteiger charge is 2.14. The van der Waals surface area contributed by atoms with Crippen molar-refractivity contribution in [1.29, 1.82) is 0 Å². The van der Waals surface area contributed by atoms with Gasteiger partial charge < -0.3 is 20.3 Å². The Morgan fingerprint density at radius 3 is 2.03 bits per heavy atom. The molecule has 3 rings (SSSR count). The molecule has 6 heteroatoms. The summed E-state index contributed by atoms with van der Waals surface area (Å²) in [6, 6.07) is 24.6. The number of nitrogens with one attached hydrogen (secondary N) is 2. The maximum Gasteiger partial charge on any atom is 0.253 e. The third kappa shape index (κ3) is 7.66. The highest BCUT2D eigenvalue weighted by atomic mass is 16.5. The number of carbonyl (C=O) groups is 2. The standard InChI is InChI=1S/C28H33N3O3/c1-3-18-31(19-4-2)28(33)23-10-12-25(13-11-23)30-27(32)20-29-24-14-16-26(17-15-24)34-21-22-8-6-5-7-9-22/h5-17,29H,3-4,18-21H2,1-2H3,(H,30,32). The summed E-state index contributed by atoms with van der Waals surface area (Å²) < 4.78 is 5.79. The molecule has 34 heavy (non-hydrogen) atoms. The second-order valence-corrected chi connectivity index (χ2v) is 8.07. The van der Waals surface area contributed by atoms with E-state index in [1.165, 1.54) is 0 Å². The van der Waals surface area contributed by atoms with Crippen LogP contribution in [0.5, 0.6) is 5.75 Å². The monoisotopic (exact) mass is 459 g/mol. The van der Waals surface area contributed by atoms with Crippen molar-refractivity contribution in [3.8, 4) is 5.75 Å². The molecular formula is C28H33N3O3. The minimum Gasteiger partial charge on any atom is -0.489 e. The SMILES string of the molecule is CCCN(CCC)C(=O)c1ccc(NC(=O)CNc2ccc(OCc3ccccc3)cc2)cc1. The van der Waals surface area contributed by atoms with Crippen molar-refractivity contribution in [2.24, 2.45) is 0 Å². The lowest BCUT2D eigenvalue weighted by Crippen LogP contribution is -2.32. The Bertz CT molecular complexity index is 1030. The molecule has 0 saturated carbocycles. The van der Waals surface area contributed by atoms with Crippen LogP contribution in [0.25, 0.3) is 0 Å². The summed E-state index contributed by atoms with van der Waals surface area (Å²) >= 11 is 0. The first-order valence-electron chi connectivity index (χ1n) is 11.8. The quantitative estimate of drug-likeness (QED) is 0.371. The number of benzene rings is 3. The van der Waals surface area contributed by atoms with Gasteiger partial charge in [0.15, 0.2) is 0 Å². The summed E-state index contributed by atoms with van der Waals surface area (Å²) in [6.45, 7) is 6.27. The van der Waals surface area contributed by atoms with Crippen molar-refractivity contribution < 1.29 is 14.3 Å². The molecule has 0 radical (unpaired) electrons. The molecule has 3 aromatic rings. The molecule has 0 unspecified atom stereocenters. The molecule has 3 aromatic carbocycles. The molecule has 0 saturated heterocycles. The lowest BCUT2D eigenvalue weighted by molar-refractivity contribution is -0.114. The van der Waals surface area contributed by atoms with E-state index in [9.17, 15) is 9.59 Å². The zero-order chi connectivity index (χ0) is 24.2. The van der Waals surface area contributed by atoms with E-state index in [0.29, 0.717) is 17.9 Å². The smallest absolute Gasteiger partial charge is 0.253 e. The Labute approximate surface area is 201 Å². The largest absolute Gasteiger partial charge is 0.489 e. The lowest BCUT2D eigenvalue weighted by Gasteiger charge is -2.21. The van der Waals surface area contributed by atoms with Crippen molar-refractivity contribution in [1.82, 2.24) is 4.90 Å². The van der Waals surface area contributed by atoms with Crippen LogP contribution in [0.2, 0.25) is 0 Å². The predicted octanol–water partition coefficient (Wildman–Crippen LogP) is 5.58. The molecule has 0 aliphatic heterocycles. The third-order valence-electron chi connectivity index (χ3n) is 5.25. The molecule has 0 aromatic heterocycles. The van der Waals surface area contributed by atoms with Gasteiger partial charge in [0.2, 0.25) is 5.91 Å². The Balaban J connectivity index is 1.45. The van der Waals surface area contributed by atoms with Gasteiger partial charge in [0, 0.05) is 30.0 Å². The van der Waals surface area contributed by atoms with Gasteiger partial charge in [-0.25, -0.2) is 0 Å². The molecule has 0 fully saturated rings. The van der Waals surface area contributed by atoms with Gasteiger partial charge >= 0.3 is 0 Å². The van der Waals surface area contributed by atoms with E-state index >= 15 is 0 Å². The number of amides is 2. The molecule has 0 spiro atoms. The van der Waals surface area contributed by atoms with E-state index in [-0.39, 0.29) is 18.4 Å². The summed E-state index contributed by atoms with van der Waals surface area (Å²) in [5.74, 6) is 0.631. The number of nitrogens with zero attached hydrogens (tertiary/aromatic N) is 1. The van der Waals surface area contributed by atoms with Gasteiger partial charge in [0.1, 0.15) is 12.4 Å². The van der Waals surface area contributed by atoms with Crippen LogP contribution in [0.3, 0.4) is 0 Å². The molecule has 0 atom stereocenters. The number of anilines is 2.